The van der Waals surface area contributed by atoms with Crippen LogP contribution < -0.4 is 19.9 Å². The molecule has 16 bridgehead atoms. The van der Waals surface area contributed by atoms with E-state index in [2.05, 4.69) is 0 Å². The Morgan fingerprint density at radius 2 is 0.262 bits per heavy atom. The second kappa shape index (κ2) is 31.6. The Hall–Kier alpha value is -9.72. The van der Waals surface area contributed by atoms with Gasteiger partial charge in [0.05, 0.1) is 45.6 Å². The molecule has 4 aliphatic rings. The molecule has 0 saturated heterocycles. The van der Waals surface area contributed by atoms with Crippen molar-refractivity contribution in [1.29, 1.82) is 0 Å². The van der Waals surface area contributed by atoms with E-state index in [0.717, 1.165) is 179 Å². The Bertz CT molecular complexity index is 5140. The van der Waals surface area contributed by atoms with Gasteiger partial charge < -0.3 is 25.4 Å². The minimum absolute atomic E-state index is 0. The molecule has 0 unspecified atom stereocenters. The summed E-state index contributed by atoms with van der Waals surface area (Å²) in [6.07, 6.45) is 16.3. The summed E-state index contributed by atoms with van der Waals surface area (Å²) in [6.45, 7) is 0. The zero-order valence-electron chi connectivity index (χ0n) is 55.5. The second-order valence-corrected chi connectivity index (χ2v) is 28.3. The van der Waals surface area contributed by atoms with Crippen LogP contribution in [0.25, 0.3) is 182 Å². The van der Waals surface area contributed by atoms with E-state index in [0.29, 0.717) is 40.2 Å². The largest absolute Gasteiger partial charge is 2.00 e. The van der Waals surface area contributed by atoms with Gasteiger partial charge in [0.2, 0.25) is 0 Å². The molecule has 8 aromatic carbocycles. The van der Waals surface area contributed by atoms with Crippen LogP contribution in [-0.2, 0) is 34.1 Å². The number of fused-ring (bicyclic) bond motifs is 16. The molecule has 19 heteroatoms. The Morgan fingerprint density at radius 3 is 0.364 bits per heavy atom. The quantitative estimate of drug-likeness (QED) is 0.137. The molecule has 0 aliphatic carbocycles. The van der Waals surface area contributed by atoms with Gasteiger partial charge in [-0.05, 0) is 235 Å². The van der Waals surface area contributed by atoms with E-state index in [1.165, 1.54) is 0 Å². The van der Waals surface area contributed by atoms with Gasteiger partial charge in [-0.3, -0.25) is 0 Å². The first-order valence-corrected chi connectivity index (χ1v) is 36.0. The van der Waals surface area contributed by atoms with Gasteiger partial charge in [-0.15, -0.1) is 44.1 Å². The molecule has 0 atom stereocenters. The van der Waals surface area contributed by atoms with Gasteiger partial charge in [0.15, 0.2) is 0 Å². The summed E-state index contributed by atoms with van der Waals surface area (Å²) in [5.41, 5.74) is 26.7. The van der Waals surface area contributed by atoms with Gasteiger partial charge in [-0.2, -0.15) is 0 Å². The summed E-state index contributed by atoms with van der Waals surface area (Å²) in [7, 11) is 0. The van der Waals surface area contributed by atoms with Crippen molar-refractivity contribution in [2.45, 2.75) is 0 Å². The maximum atomic E-state index is 6.36. The van der Waals surface area contributed by atoms with E-state index in [-0.39, 0.29) is 39.6 Å². The Morgan fingerprint density at radius 1 is 0.159 bits per heavy atom. The third kappa shape index (κ3) is 15.1. The second-order valence-electron chi connectivity index (χ2n) is 24.8. The van der Waals surface area contributed by atoms with E-state index in [9.17, 15) is 0 Å². The average molecular weight is 1630 g/mol. The number of rotatable bonds is 8. The third-order valence-corrected chi connectivity index (χ3v) is 20.3. The summed E-state index contributed by atoms with van der Waals surface area (Å²) in [5, 5.41) is 5.17. The Labute approximate surface area is 676 Å². The number of aromatic nitrogens is 8. The fourth-order valence-electron chi connectivity index (χ4n) is 13.5. The summed E-state index contributed by atoms with van der Waals surface area (Å²) >= 11 is 50.9. The summed E-state index contributed by atoms with van der Waals surface area (Å²) in [5.74, 6) is 0. The molecule has 2 N–H and O–H groups in total. The summed E-state index contributed by atoms with van der Waals surface area (Å²) < 4.78 is 0. The number of hydrogen-bond acceptors (Lipinski definition) is 4. The van der Waals surface area contributed by atoms with E-state index >= 15 is 0 Å². The van der Waals surface area contributed by atoms with Crippen molar-refractivity contribution in [3.05, 3.63) is 328 Å². The molecule has 0 saturated carbocycles. The van der Waals surface area contributed by atoms with Crippen LogP contribution in [0, 0.1) is 0 Å². The van der Waals surface area contributed by atoms with Crippen LogP contribution in [0.1, 0.15) is 45.6 Å². The fourth-order valence-corrected chi connectivity index (χ4v) is 14.5. The first-order chi connectivity index (χ1) is 50.7. The van der Waals surface area contributed by atoms with Crippen molar-refractivity contribution in [2.75, 3.05) is 0 Å². The van der Waals surface area contributed by atoms with E-state index in [1.807, 2.05) is 291 Å². The average Bonchev–Trinajstić information content (AvgIpc) is 1.63. The molecular weight excluding hydrogens is 1580 g/mol. The molecule has 4 aliphatic heterocycles. The van der Waals surface area contributed by atoms with Crippen molar-refractivity contribution in [1.82, 2.24) is 39.9 Å². The first-order valence-electron chi connectivity index (χ1n) is 32.9. The monoisotopic (exact) mass is 1630 g/mol. The normalized spacial score (nSPS) is 11.7. The van der Waals surface area contributed by atoms with E-state index in [1.54, 1.807) is 0 Å². The van der Waals surface area contributed by atoms with Crippen LogP contribution >= 0.6 is 92.8 Å². The van der Waals surface area contributed by atoms with Crippen molar-refractivity contribution in [3.8, 4) is 89.0 Å². The molecule has 0 radical (unpaired) electrons. The summed E-state index contributed by atoms with van der Waals surface area (Å²) in [4.78, 5) is 42.2. The predicted molar refractivity (Wildman–Crippen MR) is 441 cm³/mol. The summed E-state index contributed by atoms with van der Waals surface area (Å²) in [6, 6.07) is 78.3. The van der Waals surface area contributed by atoms with Crippen LogP contribution in [-0.4, -0.2) is 25.4 Å². The molecular formula is C88H50Cl8Fe2N8O. The molecule has 18 rings (SSSR count). The minimum Gasteiger partial charge on any atom is -0.657 e. The molecule has 520 valence electrons. The molecule has 0 spiro atoms. The van der Waals surface area contributed by atoms with Crippen molar-refractivity contribution < 1.29 is 39.6 Å². The first kappa shape index (κ1) is 74.1. The maximum absolute atomic E-state index is 6.36. The Kier molecular flexibility index (Phi) is 21.9. The van der Waals surface area contributed by atoms with Gasteiger partial charge in [0.1, 0.15) is 0 Å². The van der Waals surface area contributed by atoms with Crippen molar-refractivity contribution >= 4 is 186 Å². The molecule has 107 heavy (non-hydrogen) atoms. The van der Waals surface area contributed by atoms with Crippen molar-refractivity contribution in [3.63, 3.8) is 0 Å². The molecule has 14 aromatic rings. The zero-order chi connectivity index (χ0) is 70.7. The topological polar surface area (TPSA) is 139 Å². The van der Waals surface area contributed by atoms with Gasteiger partial charge in [0.25, 0.3) is 0 Å². The van der Waals surface area contributed by atoms with Gasteiger partial charge in [-0.1, -0.05) is 238 Å². The molecule has 0 amide bonds. The number of benzene rings is 8. The van der Waals surface area contributed by atoms with Crippen LogP contribution in [0.2, 0.25) is 40.2 Å². The number of halogens is 8. The molecule has 10 heterocycles. The molecule has 6 aromatic heterocycles. The zero-order valence-corrected chi connectivity index (χ0v) is 63.8. The van der Waals surface area contributed by atoms with E-state index < -0.39 is 0 Å². The van der Waals surface area contributed by atoms with Gasteiger partial charge >= 0.3 is 34.1 Å². The number of hydrogen-bond donors (Lipinski definition) is 0. The molecule has 0 fully saturated rings. The van der Waals surface area contributed by atoms with Crippen LogP contribution in [0.4, 0.5) is 0 Å². The van der Waals surface area contributed by atoms with Crippen molar-refractivity contribution in [2.24, 2.45) is 0 Å². The Balaban J connectivity index is 0.000000175. The minimum atomic E-state index is 0. The van der Waals surface area contributed by atoms with Crippen LogP contribution in [0.3, 0.4) is 0 Å². The standard InChI is InChI=1S/2C44H24Cl4N4.2Fe.H2O/c2*45-29-9-1-25(2-10-29)41-33-17-19-35(49-33)42(26-3-11-30(46)12-4-26)37-21-23-39(51-37)44(28-7-15-32(48)16-8-28)40-24-22-38(52-40)43(36-20-18-34(41)50-36)27-5-13-31(47)14-6-27;;;/h2*1-24H;;;1H2/q2*-2;2*+2;. The van der Waals surface area contributed by atoms with Gasteiger partial charge in [-0.25, -0.2) is 19.9 Å². The fraction of sp³-hybridized carbons (Fsp3) is 0. The third-order valence-electron chi connectivity index (χ3n) is 18.3. The van der Waals surface area contributed by atoms with Crippen LogP contribution in [0.5, 0.6) is 0 Å². The number of nitrogens with zero attached hydrogens (tertiary/aromatic N) is 8. The SMILES string of the molecule is Clc1ccc(-c2c3nc(c(-c4ccc(Cl)cc4)c4ccc([n-]4)c(-c4ccc(Cl)cc4)c4nc(c(-c5ccc(Cl)cc5)c5ccc2[n-]5)C=C4)C=C3)cc1.Clc1ccc(-c2c3nc(c(-c4ccc(Cl)cc4)c4ccc([n-]4)c(-c4ccc(Cl)cc4)c4nc(c(-c5ccc(Cl)cc5)c5ccc2[n-]5)C=C4)C=C3)cc1.O.[Fe+2].[Fe+2]. The maximum Gasteiger partial charge on any atom is 2.00 e. The van der Waals surface area contributed by atoms with Gasteiger partial charge in [0, 0.05) is 40.2 Å². The predicted octanol–water partition coefficient (Wildman–Crippen LogP) is 25.6. The smallest absolute Gasteiger partial charge is 0.657 e. The van der Waals surface area contributed by atoms with E-state index in [4.69, 9.17) is 133 Å². The molecule has 9 nitrogen and oxygen atoms in total. The van der Waals surface area contributed by atoms with Crippen LogP contribution in [0.15, 0.2) is 243 Å².